The SMILES string of the molecule is COC(=O)C12CCC(F)(F)C1C(C)=NO2. The maximum absolute atomic E-state index is 13.5. The Morgan fingerprint density at radius 2 is 2.27 bits per heavy atom. The van der Waals surface area contributed by atoms with Crippen LogP contribution < -0.4 is 0 Å². The van der Waals surface area contributed by atoms with Gasteiger partial charge in [0.25, 0.3) is 5.92 Å². The molecule has 0 aromatic heterocycles. The summed E-state index contributed by atoms with van der Waals surface area (Å²) in [5.74, 6) is -5.00. The quantitative estimate of drug-likeness (QED) is 0.625. The van der Waals surface area contributed by atoms with Gasteiger partial charge in [-0.1, -0.05) is 5.16 Å². The largest absolute Gasteiger partial charge is 0.466 e. The summed E-state index contributed by atoms with van der Waals surface area (Å²) in [5.41, 5.74) is -1.44. The van der Waals surface area contributed by atoms with Gasteiger partial charge in [-0.25, -0.2) is 13.6 Å². The van der Waals surface area contributed by atoms with Crippen LogP contribution in [0.15, 0.2) is 5.16 Å². The average molecular weight is 219 g/mol. The summed E-state index contributed by atoms with van der Waals surface area (Å²) in [7, 11) is 1.15. The van der Waals surface area contributed by atoms with Crippen molar-refractivity contribution in [2.75, 3.05) is 7.11 Å². The Bertz CT molecular complexity index is 342. The van der Waals surface area contributed by atoms with Crippen LogP contribution in [0.2, 0.25) is 0 Å². The molecule has 1 aliphatic heterocycles. The monoisotopic (exact) mass is 219 g/mol. The second kappa shape index (κ2) is 2.90. The molecule has 0 bridgehead atoms. The van der Waals surface area contributed by atoms with Crippen LogP contribution in [0.5, 0.6) is 0 Å². The van der Waals surface area contributed by atoms with Gasteiger partial charge < -0.3 is 9.57 Å². The summed E-state index contributed by atoms with van der Waals surface area (Å²) in [6, 6.07) is 0. The summed E-state index contributed by atoms with van der Waals surface area (Å²) in [6.07, 6.45) is -0.433. The first-order chi connectivity index (χ1) is 6.94. The fourth-order valence-corrected chi connectivity index (χ4v) is 2.36. The van der Waals surface area contributed by atoms with Crippen molar-refractivity contribution in [1.82, 2.24) is 0 Å². The van der Waals surface area contributed by atoms with E-state index in [-0.39, 0.29) is 18.6 Å². The lowest BCUT2D eigenvalue weighted by Gasteiger charge is -2.25. The predicted octanol–water partition coefficient (Wildman–Crippen LogP) is 1.35. The Kier molecular flexibility index (Phi) is 1.99. The molecule has 0 aromatic carbocycles. The van der Waals surface area contributed by atoms with Crippen LogP contribution in [0.1, 0.15) is 19.8 Å². The molecule has 2 rings (SSSR count). The first-order valence-corrected chi connectivity index (χ1v) is 4.63. The standard InChI is InChI=1S/C9H11F2NO3/c1-5-6-8(15-12-5,7(13)14-2)3-4-9(6,10)11/h6H,3-4H2,1-2H3. The number of carbonyl (C=O) groups is 1. The van der Waals surface area contributed by atoms with Gasteiger partial charge in [-0.2, -0.15) is 0 Å². The molecule has 1 heterocycles. The van der Waals surface area contributed by atoms with Gasteiger partial charge >= 0.3 is 5.97 Å². The van der Waals surface area contributed by atoms with E-state index in [9.17, 15) is 13.6 Å². The predicted molar refractivity (Wildman–Crippen MR) is 46.6 cm³/mol. The maximum atomic E-state index is 13.5. The molecule has 6 heteroatoms. The molecule has 84 valence electrons. The minimum atomic E-state index is -2.95. The zero-order chi connectivity index (χ0) is 11.3. The third kappa shape index (κ3) is 1.16. The summed E-state index contributed by atoms with van der Waals surface area (Å²) in [4.78, 5) is 16.4. The van der Waals surface area contributed by atoms with E-state index in [1.54, 1.807) is 0 Å². The molecule has 1 aliphatic carbocycles. The van der Waals surface area contributed by atoms with E-state index in [1.807, 2.05) is 0 Å². The molecule has 1 saturated carbocycles. The molecule has 4 nitrogen and oxygen atoms in total. The molecule has 2 aliphatic rings. The fraction of sp³-hybridized carbons (Fsp3) is 0.778. The van der Waals surface area contributed by atoms with Crippen molar-refractivity contribution in [3.8, 4) is 0 Å². The fourth-order valence-electron chi connectivity index (χ4n) is 2.36. The van der Waals surface area contributed by atoms with Crippen molar-refractivity contribution >= 4 is 11.7 Å². The number of fused-ring (bicyclic) bond motifs is 1. The number of carbonyl (C=O) groups excluding carboxylic acids is 1. The van der Waals surface area contributed by atoms with Crippen LogP contribution in [0.25, 0.3) is 0 Å². The molecule has 2 atom stereocenters. The summed E-state index contributed by atoms with van der Waals surface area (Å²) in [5, 5.41) is 3.49. The number of hydrogen-bond acceptors (Lipinski definition) is 4. The normalized spacial score (nSPS) is 36.8. The number of ether oxygens (including phenoxy) is 1. The van der Waals surface area contributed by atoms with E-state index < -0.39 is 23.4 Å². The van der Waals surface area contributed by atoms with Crippen LogP contribution in [-0.4, -0.2) is 30.3 Å². The van der Waals surface area contributed by atoms with Crippen LogP contribution >= 0.6 is 0 Å². The molecule has 2 unspecified atom stereocenters. The van der Waals surface area contributed by atoms with Gasteiger partial charge in [0.2, 0.25) is 5.60 Å². The number of methoxy groups -OCH3 is 1. The number of esters is 1. The molecule has 0 amide bonds. The first-order valence-electron chi connectivity index (χ1n) is 4.63. The summed E-state index contributed by atoms with van der Waals surface area (Å²) >= 11 is 0. The molecule has 0 saturated heterocycles. The van der Waals surface area contributed by atoms with Gasteiger partial charge in [0.15, 0.2) is 0 Å². The van der Waals surface area contributed by atoms with Gasteiger partial charge in [0, 0.05) is 12.8 Å². The highest BCUT2D eigenvalue weighted by Gasteiger charge is 2.69. The minimum absolute atomic E-state index is 0.0574. The van der Waals surface area contributed by atoms with Crippen molar-refractivity contribution in [3.05, 3.63) is 0 Å². The number of nitrogens with zero attached hydrogens (tertiary/aromatic N) is 1. The number of hydrogen-bond donors (Lipinski definition) is 0. The van der Waals surface area contributed by atoms with Gasteiger partial charge in [0.1, 0.15) is 5.92 Å². The van der Waals surface area contributed by atoms with E-state index >= 15 is 0 Å². The lowest BCUT2D eigenvalue weighted by atomic mass is 9.87. The Morgan fingerprint density at radius 1 is 1.60 bits per heavy atom. The smallest absolute Gasteiger partial charge is 0.354 e. The summed E-state index contributed by atoms with van der Waals surface area (Å²) < 4.78 is 31.6. The number of halogens is 2. The van der Waals surface area contributed by atoms with E-state index in [4.69, 9.17) is 4.84 Å². The first kappa shape index (κ1) is 10.3. The van der Waals surface area contributed by atoms with Crippen LogP contribution in [0.4, 0.5) is 8.78 Å². The van der Waals surface area contributed by atoms with Crippen molar-refractivity contribution < 1.29 is 23.1 Å². The molecule has 0 radical (unpaired) electrons. The van der Waals surface area contributed by atoms with Crippen molar-refractivity contribution in [3.63, 3.8) is 0 Å². The van der Waals surface area contributed by atoms with E-state index in [0.717, 1.165) is 7.11 Å². The Balaban J connectivity index is 2.40. The Hall–Kier alpha value is -1.20. The third-order valence-corrected chi connectivity index (χ3v) is 3.02. The highest BCUT2D eigenvalue weighted by molar-refractivity contribution is 5.96. The topological polar surface area (TPSA) is 47.9 Å². The van der Waals surface area contributed by atoms with Crippen molar-refractivity contribution in [1.29, 1.82) is 0 Å². The lowest BCUT2D eigenvalue weighted by molar-refractivity contribution is -0.173. The van der Waals surface area contributed by atoms with Gasteiger partial charge in [-0.05, 0) is 6.92 Å². The molecule has 0 spiro atoms. The Labute approximate surface area is 85.2 Å². The molecular weight excluding hydrogens is 208 g/mol. The molecule has 15 heavy (non-hydrogen) atoms. The lowest BCUT2D eigenvalue weighted by Crippen LogP contribution is -2.47. The van der Waals surface area contributed by atoms with E-state index in [1.165, 1.54) is 6.92 Å². The molecule has 0 N–H and O–H groups in total. The van der Waals surface area contributed by atoms with Gasteiger partial charge in [-0.3, -0.25) is 0 Å². The van der Waals surface area contributed by atoms with E-state index in [0.29, 0.717) is 0 Å². The Morgan fingerprint density at radius 3 is 2.87 bits per heavy atom. The molecule has 1 fully saturated rings. The summed E-state index contributed by atoms with van der Waals surface area (Å²) in [6.45, 7) is 1.44. The average Bonchev–Trinajstić information content (AvgIpc) is 2.66. The second-order valence-electron chi connectivity index (χ2n) is 3.90. The highest BCUT2D eigenvalue weighted by atomic mass is 19.3. The maximum Gasteiger partial charge on any atom is 0.354 e. The van der Waals surface area contributed by atoms with Crippen LogP contribution in [0.3, 0.4) is 0 Å². The highest BCUT2D eigenvalue weighted by Crippen LogP contribution is 2.52. The number of oxime groups is 1. The van der Waals surface area contributed by atoms with Crippen molar-refractivity contribution in [2.24, 2.45) is 11.1 Å². The van der Waals surface area contributed by atoms with Crippen LogP contribution in [0, 0.1) is 5.92 Å². The van der Waals surface area contributed by atoms with Crippen LogP contribution in [-0.2, 0) is 14.4 Å². The molecular formula is C9H11F2NO3. The van der Waals surface area contributed by atoms with Crippen molar-refractivity contribution in [2.45, 2.75) is 31.3 Å². The van der Waals surface area contributed by atoms with Gasteiger partial charge in [0.05, 0.1) is 12.8 Å². The zero-order valence-electron chi connectivity index (χ0n) is 8.42. The van der Waals surface area contributed by atoms with E-state index in [2.05, 4.69) is 9.89 Å². The third-order valence-electron chi connectivity index (χ3n) is 3.02. The second-order valence-corrected chi connectivity index (χ2v) is 3.90. The number of alkyl halides is 2. The van der Waals surface area contributed by atoms with Gasteiger partial charge in [-0.15, -0.1) is 0 Å². The number of rotatable bonds is 1. The zero-order valence-corrected chi connectivity index (χ0v) is 8.42. The minimum Gasteiger partial charge on any atom is -0.466 e. The molecule has 0 aromatic rings.